The Hall–Kier alpha value is -0.810. The highest BCUT2D eigenvalue weighted by Gasteiger charge is 2.65. The van der Waals surface area contributed by atoms with Crippen LogP contribution in [0.1, 0.15) is 47.5 Å². The number of nitrogens with one attached hydrogen (secondary N) is 1. The average molecular weight is 256 g/mol. The highest BCUT2D eigenvalue weighted by molar-refractivity contribution is 5.72. The fraction of sp³-hybridized carbons (Fsp3) is 0.923. The summed E-state index contributed by atoms with van der Waals surface area (Å²) in [7, 11) is 1.58. The van der Waals surface area contributed by atoms with Crippen molar-refractivity contribution in [3.63, 3.8) is 0 Å². The number of hydrogen-bond donors (Lipinski definition) is 2. The van der Waals surface area contributed by atoms with Crippen LogP contribution in [-0.4, -0.2) is 45.6 Å². The first-order valence-corrected chi connectivity index (χ1v) is 6.39. The molecule has 18 heavy (non-hydrogen) atoms. The first-order valence-electron chi connectivity index (χ1n) is 6.39. The summed E-state index contributed by atoms with van der Waals surface area (Å²) in [4.78, 5) is 13.1. The molecule has 0 aromatic carbocycles. The van der Waals surface area contributed by atoms with Gasteiger partial charge in [0.05, 0.1) is 0 Å². The summed E-state index contributed by atoms with van der Waals surface area (Å²) in [6.45, 7) is 9.93. The Bertz CT molecular complexity index is 372. The molecule has 0 aromatic rings. The number of carbonyl (C=O) groups is 1. The zero-order valence-corrected chi connectivity index (χ0v) is 12.1. The molecule has 0 aromatic heterocycles. The SMILES string of the molecule is CN1C(=O)OC2(CC(C)(C)NC(C)(C)C2)[C@@]1(C)O. The normalized spacial score (nSPS) is 36.8. The second kappa shape index (κ2) is 3.39. The molecule has 5 nitrogen and oxygen atoms in total. The van der Waals surface area contributed by atoms with Crippen LogP contribution in [0.3, 0.4) is 0 Å². The van der Waals surface area contributed by atoms with E-state index in [-0.39, 0.29) is 11.1 Å². The number of rotatable bonds is 0. The molecule has 1 amide bonds. The maximum Gasteiger partial charge on any atom is 0.412 e. The fourth-order valence-electron chi connectivity index (χ4n) is 3.72. The maximum atomic E-state index is 11.8. The summed E-state index contributed by atoms with van der Waals surface area (Å²) in [6.07, 6.45) is 0.729. The van der Waals surface area contributed by atoms with Gasteiger partial charge in [0.15, 0.2) is 11.3 Å². The summed E-state index contributed by atoms with van der Waals surface area (Å²) in [5.41, 5.74) is -2.52. The van der Waals surface area contributed by atoms with Crippen molar-refractivity contribution >= 4 is 6.09 Å². The van der Waals surface area contributed by atoms with Gasteiger partial charge in [-0.1, -0.05) is 0 Å². The lowest BCUT2D eigenvalue weighted by atomic mass is 9.68. The third-order valence-corrected chi connectivity index (χ3v) is 4.20. The van der Waals surface area contributed by atoms with E-state index < -0.39 is 17.4 Å². The Labute approximate surface area is 108 Å². The number of ether oxygens (including phenoxy) is 1. The van der Waals surface area contributed by atoms with Crippen molar-refractivity contribution in [2.24, 2.45) is 0 Å². The zero-order valence-electron chi connectivity index (χ0n) is 12.1. The van der Waals surface area contributed by atoms with E-state index in [1.54, 1.807) is 14.0 Å². The molecule has 0 bridgehead atoms. The smallest absolute Gasteiger partial charge is 0.412 e. The van der Waals surface area contributed by atoms with Crippen LogP contribution in [0.15, 0.2) is 0 Å². The molecule has 1 spiro atoms. The second-order valence-electron chi connectivity index (χ2n) is 7.19. The Balaban J connectivity index is 2.45. The molecule has 104 valence electrons. The molecule has 2 saturated heterocycles. The van der Waals surface area contributed by atoms with Gasteiger partial charge in [0.25, 0.3) is 0 Å². The van der Waals surface area contributed by atoms with E-state index in [1.807, 2.05) is 0 Å². The van der Waals surface area contributed by atoms with Gasteiger partial charge in [-0.2, -0.15) is 0 Å². The van der Waals surface area contributed by atoms with Gasteiger partial charge in [-0.15, -0.1) is 0 Å². The molecule has 2 aliphatic rings. The van der Waals surface area contributed by atoms with Crippen molar-refractivity contribution < 1.29 is 14.6 Å². The first kappa shape index (κ1) is 13.6. The van der Waals surface area contributed by atoms with Gasteiger partial charge < -0.3 is 15.2 Å². The highest BCUT2D eigenvalue weighted by Crippen LogP contribution is 2.49. The number of nitrogens with zero attached hydrogens (tertiary/aromatic N) is 1. The van der Waals surface area contributed by atoms with Gasteiger partial charge in [-0.3, -0.25) is 4.90 Å². The lowest BCUT2D eigenvalue weighted by molar-refractivity contribution is -0.176. The summed E-state index contributed by atoms with van der Waals surface area (Å²) in [6, 6.07) is 0. The molecule has 2 heterocycles. The summed E-state index contributed by atoms with van der Waals surface area (Å²) >= 11 is 0. The van der Waals surface area contributed by atoms with E-state index in [0.717, 1.165) is 0 Å². The van der Waals surface area contributed by atoms with Gasteiger partial charge in [0.1, 0.15) is 0 Å². The molecule has 5 heteroatoms. The summed E-state index contributed by atoms with van der Waals surface area (Å²) < 4.78 is 5.59. The topological polar surface area (TPSA) is 61.8 Å². The van der Waals surface area contributed by atoms with Crippen LogP contribution in [0.5, 0.6) is 0 Å². The molecule has 0 radical (unpaired) electrons. The molecule has 1 atom stereocenters. The highest BCUT2D eigenvalue weighted by atomic mass is 16.6. The Morgan fingerprint density at radius 3 is 1.94 bits per heavy atom. The van der Waals surface area contributed by atoms with Gasteiger partial charge >= 0.3 is 6.09 Å². The molecule has 0 aliphatic carbocycles. The second-order valence-corrected chi connectivity index (χ2v) is 7.19. The third-order valence-electron chi connectivity index (χ3n) is 4.20. The zero-order chi connectivity index (χ0) is 14.0. The standard InChI is InChI=1S/C13H24N2O3/c1-10(2)7-13(8-11(3,4)14-10)12(5,17)15(6)9(16)18-13/h14,17H,7-8H2,1-6H3/t12-/m1/s1. The Morgan fingerprint density at radius 1 is 1.17 bits per heavy atom. The number of piperidine rings is 1. The number of likely N-dealkylation sites (N-methyl/N-ethyl adjacent to an activating group) is 1. The van der Waals surface area contributed by atoms with Crippen LogP contribution in [0, 0.1) is 0 Å². The van der Waals surface area contributed by atoms with Crippen molar-refractivity contribution in [2.45, 2.75) is 69.9 Å². The molecule has 2 fully saturated rings. The van der Waals surface area contributed by atoms with Crippen LogP contribution < -0.4 is 5.32 Å². The molecule has 0 saturated carbocycles. The Morgan fingerprint density at radius 2 is 1.61 bits per heavy atom. The van der Waals surface area contributed by atoms with Crippen LogP contribution >= 0.6 is 0 Å². The number of amides is 1. The van der Waals surface area contributed by atoms with Crippen LogP contribution in [0.25, 0.3) is 0 Å². The molecule has 2 aliphatic heterocycles. The van der Waals surface area contributed by atoms with E-state index in [9.17, 15) is 9.90 Å². The third kappa shape index (κ3) is 1.80. The number of aliphatic hydroxyl groups is 1. The maximum absolute atomic E-state index is 11.8. The number of hydrogen-bond acceptors (Lipinski definition) is 4. The minimum atomic E-state index is -1.28. The predicted octanol–water partition coefficient (Wildman–Crippen LogP) is 1.46. The van der Waals surface area contributed by atoms with E-state index in [1.165, 1.54) is 4.90 Å². The largest absolute Gasteiger partial charge is 0.437 e. The van der Waals surface area contributed by atoms with Crippen molar-refractivity contribution in [1.82, 2.24) is 10.2 Å². The van der Waals surface area contributed by atoms with Gasteiger partial charge in [-0.05, 0) is 34.6 Å². The summed E-state index contributed by atoms with van der Waals surface area (Å²) in [5, 5.41) is 14.3. The molecular formula is C13H24N2O3. The molecular weight excluding hydrogens is 232 g/mol. The van der Waals surface area contributed by atoms with E-state index in [4.69, 9.17) is 4.74 Å². The minimum absolute atomic E-state index is 0.197. The quantitative estimate of drug-likeness (QED) is 0.689. The summed E-state index contributed by atoms with van der Waals surface area (Å²) in [5.74, 6) is 0. The van der Waals surface area contributed by atoms with Crippen molar-refractivity contribution in [2.75, 3.05) is 7.05 Å². The van der Waals surface area contributed by atoms with E-state index in [0.29, 0.717) is 12.8 Å². The van der Waals surface area contributed by atoms with Crippen LogP contribution in [-0.2, 0) is 4.74 Å². The van der Waals surface area contributed by atoms with Crippen LogP contribution in [0.4, 0.5) is 4.79 Å². The fourth-order valence-corrected chi connectivity index (χ4v) is 3.72. The molecule has 2 rings (SSSR count). The van der Waals surface area contributed by atoms with E-state index >= 15 is 0 Å². The average Bonchev–Trinajstić information content (AvgIpc) is 2.22. The molecule has 0 unspecified atom stereocenters. The lowest BCUT2D eigenvalue weighted by Gasteiger charge is -2.53. The van der Waals surface area contributed by atoms with Crippen molar-refractivity contribution in [3.8, 4) is 0 Å². The van der Waals surface area contributed by atoms with Gasteiger partial charge in [-0.25, -0.2) is 4.79 Å². The first-order chi connectivity index (χ1) is 7.91. The Kier molecular flexibility index (Phi) is 2.57. The van der Waals surface area contributed by atoms with E-state index in [2.05, 4.69) is 33.0 Å². The van der Waals surface area contributed by atoms with Gasteiger partial charge in [0.2, 0.25) is 0 Å². The van der Waals surface area contributed by atoms with Crippen molar-refractivity contribution in [1.29, 1.82) is 0 Å². The van der Waals surface area contributed by atoms with Crippen molar-refractivity contribution in [3.05, 3.63) is 0 Å². The molecule has 2 N–H and O–H groups in total. The van der Waals surface area contributed by atoms with Crippen LogP contribution in [0.2, 0.25) is 0 Å². The number of carbonyl (C=O) groups excluding carboxylic acids is 1. The monoisotopic (exact) mass is 256 g/mol. The van der Waals surface area contributed by atoms with Gasteiger partial charge in [0, 0.05) is 31.0 Å². The minimum Gasteiger partial charge on any atom is -0.437 e. The predicted molar refractivity (Wildman–Crippen MR) is 68.1 cm³/mol. The lowest BCUT2D eigenvalue weighted by Crippen LogP contribution is -2.69.